The number of alkyl halides is 6. The van der Waals surface area contributed by atoms with Crippen molar-refractivity contribution in [3.05, 3.63) is 12.7 Å². The van der Waals surface area contributed by atoms with E-state index in [0.29, 0.717) is 18.9 Å². The zero-order valence-electron chi connectivity index (χ0n) is 39.4. The number of phosphoric acid groups is 1. The number of aliphatic hydroxyl groups is 4. The molecule has 7 rings (SSSR count). The number of nitrogens with one attached hydrogen (secondary N) is 2. The summed E-state index contributed by atoms with van der Waals surface area (Å²) in [5.41, 5.74) is 0.820. The Bertz CT molecular complexity index is 2530. The van der Waals surface area contributed by atoms with Crippen LogP contribution < -0.4 is 50.0 Å². The maximum Gasteiger partial charge on any atom is 1.00 e. The van der Waals surface area contributed by atoms with Gasteiger partial charge in [-0.05, 0) is 12.5 Å². The first-order valence-electron chi connectivity index (χ1n) is 21.7. The van der Waals surface area contributed by atoms with Crippen LogP contribution >= 0.6 is 62.6 Å². The van der Waals surface area contributed by atoms with Crippen LogP contribution in [0, 0.1) is 0 Å². The summed E-state index contributed by atoms with van der Waals surface area (Å²) >= 11 is 4.75. The molecule has 76 heavy (non-hydrogen) atoms. The van der Waals surface area contributed by atoms with Crippen LogP contribution in [0.5, 0.6) is 0 Å². The topological polar surface area (TPSA) is 342 Å². The molecule has 0 aromatic carbocycles. The van der Waals surface area contributed by atoms with E-state index in [2.05, 4.69) is 45.1 Å². The van der Waals surface area contributed by atoms with Crippen LogP contribution in [0.4, 0.5) is 38.0 Å². The average Bonchev–Trinajstić information content (AvgIpc) is 4.08. The number of imidazole rings is 2. The Morgan fingerprint density at radius 3 is 1.49 bits per heavy atom. The van der Waals surface area contributed by atoms with Gasteiger partial charge in [-0.25, -0.2) is 34.6 Å². The molecule has 4 aromatic rings. The minimum absolute atomic E-state index is 0. The van der Waals surface area contributed by atoms with Gasteiger partial charge in [-0.1, -0.05) is 38.4 Å². The molecule has 0 amide bonds. The second kappa shape index (κ2) is 30.6. The van der Waals surface area contributed by atoms with Gasteiger partial charge in [-0.15, -0.1) is 0 Å². The van der Waals surface area contributed by atoms with Gasteiger partial charge in [-0.2, -0.15) is 49.9 Å². The van der Waals surface area contributed by atoms with Gasteiger partial charge in [-0.3, -0.25) is 18.3 Å². The van der Waals surface area contributed by atoms with E-state index in [0.717, 1.165) is 39.7 Å². The van der Waals surface area contributed by atoms with Crippen molar-refractivity contribution in [2.45, 2.75) is 99.4 Å². The third-order valence-electron chi connectivity index (χ3n) is 10.6. The summed E-state index contributed by atoms with van der Waals surface area (Å²) in [6.07, 6.45) is -15.5. The van der Waals surface area contributed by atoms with Gasteiger partial charge in [0.05, 0.1) is 51.9 Å². The number of phosphoric ester groups is 1. The van der Waals surface area contributed by atoms with Gasteiger partial charge in [0.1, 0.15) is 36.6 Å². The van der Waals surface area contributed by atoms with Crippen LogP contribution in [0.15, 0.2) is 23.0 Å². The normalized spacial score (nSPS) is 24.7. The number of aliphatic hydroxyl groups excluding tert-OH is 4. The van der Waals surface area contributed by atoms with Crippen LogP contribution in [-0.4, -0.2) is 206 Å². The molecule has 10 atom stereocenters. The quantitative estimate of drug-likeness (QED) is 0.0129. The molecule has 0 spiro atoms. The molecule has 428 valence electrons. The summed E-state index contributed by atoms with van der Waals surface area (Å²) in [6, 6.07) is 0. The molecule has 0 radical (unpaired) electrons. The fourth-order valence-electron chi connectivity index (χ4n) is 7.01. The summed E-state index contributed by atoms with van der Waals surface area (Å²) in [6.45, 7) is 0.436. The van der Waals surface area contributed by atoms with Crippen LogP contribution in [0.25, 0.3) is 22.3 Å². The van der Waals surface area contributed by atoms with E-state index in [9.17, 15) is 65.7 Å². The number of halogens is 6. The zero-order valence-corrected chi connectivity index (χ0v) is 46.5. The first kappa shape index (κ1) is 68.9. The second-order valence-electron chi connectivity index (χ2n) is 15.8. The van der Waals surface area contributed by atoms with E-state index in [1.807, 2.05) is 12.5 Å². The predicted molar refractivity (Wildman–Crippen MR) is 264 cm³/mol. The van der Waals surface area contributed by atoms with Crippen molar-refractivity contribution < 1.29 is 123 Å². The Labute approximate surface area is 471 Å². The molecule has 3 aliphatic heterocycles. The van der Waals surface area contributed by atoms with E-state index in [-0.39, 0.29) is 121 Å². The minimum atomic E-state index is -5.09. The van der Waals surface area contributed by atoms with E-state index >= 15 is 0 Å². The number of nitrogens with zero attached hydrogens (tertiary/aromatic N) is 9. The van der Waals surface area contributed by atoms with Gasteiger partial charge < -0.3 is 69.0 Å². The number of fused-ring (bicyclic) bond motifs is 2. The number of thioether (sulfide) groups is 4. The molecule has 3 aliphatic rings. The summed E-state index contributed by atoms with van der Waals surface area (Å²) in [7, 11) is -9.53. The standard InChI is InChI=1S/C20H30F3N6O7PS2.C16H23F3N5O7PS2.2CH4.Na/c1-38-9-3-24-16-13-17(27-19(26-16)39-8-2-20(21,22)23)29(11-25-13)18-15(31)14(30)12(36-18)10-35-37(32,33)28-4-6-34-7-5-28;1-33-5-3-20-12-9-13(23-15(22-12)34-4-2-16(17,18)19)24(7-21-9)14-11(26)10(25)8(31-14)6-30-32(27,28)29;;;/h11-12,14-15,18,30-31H,2-10H2,1H3,(H,32,33)(H,24,26,27);7-8,10-11,14,25-26H,2-6H2,1H3,(H,20,22,23)(H2,27,28,29);2*1H4;/q;;;;+1/p-2/t12-,14-,15-,18-;8-,10-,11-,14-;;;/m11.../s1. The van der Waals surface area contributed by atoms with Gasteiger partial charge in [0.2, 0.25) is 7.75 Å². The number of hydrogen-bond acceptors (Lipinski definition) is 25. The van der Waals surface area contributed by atoms with Crippen molar-refractivity contribution >= 4 is 96.6 Å². The summed E-state index contributed by atoms with van der Waals surface area (Å²) < 4.78 is 129. The van der Waals surface area contributed by atoms with Gasteiger partial charge in [0.15, 0.2) is 56.7 Å². The van der Waals surface area contributed by atoms with Crippen LogP contribution in [0.3, 0.4) is 0 Å². The fourth-order valence-corrected chi connectivity index (χ4v) is 10.8. The number of anilines is 2. The largest absolute Gasteiger partial charge is 1.00 e. The molecule has 2 unspecified atom stereocenters. The van der Waals surface area contributed by atoms with Crippen molar-refractivity contribution in [3.8, 4) is 0 Å². The average molecular weight is 1220 g/mol. The molecule has 3 saturated heterocycles. The molecular weight excluding hydrogens is 1160 g/mol. The third-order valence-corrected chi connectivity index (χ3v) is 15.6. The maximum atomic E-state index is 12.7. The molecule has 7 N–H and O–H groups in total. The SMILES string of the molecule is C.C.CSCCNc1nc(SCCC(F)(F)F)nc2c1ncn2[C@@H]1O[C@H](COP(=O)([O-])N2CCOCC2)[C@@H](O)[C@H]1O.CSCCNc1nc(SCCC(F)(F)F)nc2c1ncn2[C@@H]1O[C@H](COP(=O)([O-])O)[C@@H](O)[C@H]1O.[Na+]. The van der Waals surface area contributed by atoms with Crippen LogP contribution in [0.1, 0.15) is 40.2 Å². The van der Waals surface area contributed by atoms with Gasteiger partial charge in [0, 0.05) is 49.2 Å². The third kappa shape index (κ3) is 19.4. The van der Waals surface area contributed by atoms with E-state index in [1.54, 1.807) is 23.5 Å². The molecule has 25 nitrogen and oxygen atoms in total. The number of aromatic nitrogens is 8. The summed E-state index contributed by atoms with van der Waals surface area (Å²) in [4.78, 5) is 57.8. The Morgan fingerprint density at radius 2 is 1.11 bits per heavy atom. The predicted octanol–water partition coefficient (Wildman–Crippen LogP) is 0.101. The van der Waals surface area contributed by atoms with Gasteiger partial charge >= 0.3 is 41.9 Å². The second-order valence-corrected chi connectivity index (χ2v) is 22.9. The van der Waals surface area contributed by atoms with E-state index in [4.69, 9.17) is 23.6 Å². The molecular formula is C38H59F6N11NaO14P2S4-. The minimum Gasteiger partial charge on any atom is -0.766 e. The Balaban J connectivity index is 0.000000388. The zero-order chi connectivity index (χ0) is 53.3. The van der Waals surface area contributed by atoms with Crippen molar-refractivity contribution in [2.75, 3.05) is 98.8 Å². The molecule has 4 aromatic heterocycles. The van der Waals surface area contributed by atoms with Crippen molar-refractivity contribution in [1.29, 1.82) is 0 Å². The Kier molecular flexibility index (Phi) is 27.7. The Morgan fingerprint density at radius 1 is 0.697 bits per heavy atom. The van der Waals surface area contributed by atoms with Gasteiger partial charge in [0.25, 0.3) is 7.82 Å². The van der Waals surface area contributed by atoms with E-state index in [1.165, 1.54) is 21.8 Å². The number of rotatable bonds is 23. The Hall–Kier alpha value is -1.38. The molecule has 0 aliphatic carbocycles. The molecule has 38 heteroatoms. The van der Waals surface area contributed by atoms with Crippen molar-refractivity contribution in [2.24, 2.45) is 0 Å². The monoisotopic (exact) mass is 1220 g/mol. The van der Waals surface area contributed by atoms with Crippen molar-refractivity contribution in [3.63, 3.8) is 0 Å². The molecule has 0 bridgehead atoms. The van der Waals surface area contributed by atoms with Crippen LogP contribution in [0.2, 0.25) is 0 Å². The molecule has 0 saturated carbocycles. The number of morpholine rings is 1. The maximum absolute atomic E-state index is 12.7. The summed E-state index contributed by atoms with van der Waals surface area (Å²) in [5, 5.41) is 48.2. The van der Waals surface area contributed by atoms with Crippen LogP contribution in [-0.2, 0) is 32.4 Å². The fraction of sp³-hybridized carbons (Fsp3) is 0.737. The smallest absolute Gasteiger partial charge is 0.766 e. The summed E-state index contributed by atoms with van der Waals surface area (Å²) in [5.74, 6) is 1.41. The molecule has 7 heterocycles. The first-order valence-corrected chi connectivity index (χ1v) is 29.5. The number of hydrogen-bond donors (Lipinski definition) is 7. The molecule has 3 fully saturated rings. The first-order chi connectivity index (χ1) is 34.4. The number of ether oxygens (including phenoxy) is 3. The van der Waals surface area contributed by atoms with Crippen molar-refractivity contribution in [1.82, 2.24) is 43.7 Å². The van der Waals surface area contributed by atoms with E-state index < -0.39 is 103 Å².